The van der Waals surface area contributed by atoms with Crippen LogP contribution in [0, 0.1) is 5.82 Å². The number of benzene rings is 2. The van der Waals surface area contributed by atoms with Crippen LogP contribution < -0.4 is 20.2 Å². The Balaban J connectivity index is 2.11. The van der Waals surface area contributed by atoms with Gasteiger partial charge in [-0.25, -0.2) is 9.82 Å². The highest BCUT2D eigenvalue weighted by atomic mass is 79.9. The number of nitrogens with zero attached hydrogens (tertiary/aromatic N) is 1. The van der Waals surface area contributed by atoms with Crippen molar-refractivity contribution in [3.63, 3.8) is 0 Å². The van der Waals surface area contributed by atoms with Crippen molar-refractivity contribution in [3.8, 4) is 11.5 Å². The fraction of sp³-hybridized carbons (Fsp3) is 0.250. The zero-order chi connectivity index (χ0) is 22.3. The highest BCUT2D eigenvalue weighted by molar-refractivity contribution is 9.10. The van der Waals surface area contributed by atoms with Crippen molar-refractivity contribution in [2.45, 2.75) is 26.5 Å². The maximum absolute atomic E-state index is 13.9. The molecule has 2 aromatic rings. The first-order valence-electron chi connectivity index (χ1n) is 8.80. The molecule has 2 N–H and O–H groups in total. The number of methoxy groups -OCH3 is 1. The number of halogens is 3. The topological polar surface area (TPSA) is 89.0 Å². The average Bonchev–Trinajstić information content (AvgIpc) is 2.67. The molecule has 0 aliphatic carbocycles. The number of nitrogens with one attached hydrogen (secondary N) is 2. The lowest BCUT2D eigenvalue weighted by Crippen LogP contribution is -2.41. The van der Waals surface area contributed by atoms with Crippen LogP contribution in [-0.4, -0.2) is 31.2 Å². The standard InChI is InChI=1S/C20H20BrClFN3O4/c1-11(2)25-19(27)20(28)26-24-9-12-7-14(21)18(17(8-12)29-3)30-10-13-15(22)5-4-6-16(13)23/h4-9,11H,10H2,1-3H3,(H,25,27)(H,26,28)/b24-9-. The fourth-order valence-electron chi connectivity index (χ4n) is 2.31. The molecule has 0 atom stereocenters. The predicted octanol–water partition coefficient (Wildman–Crippen LogP) is 3.80. The number of rotatable bonds is 7. The minimum Gasteiger partial charge on any atom is -0.493 e. The molecule has 0 bridgehead atoms. The lowest BCUT2D eigenvalue weighted by molar-refractivity contribution is -0.139. The molecule has 0 heterocycles. The van der Waals surface area contributed by atoms with E-state index >= 15 is 0 Å². The van der Waals surface area contributed by atoms with Gasteiger partial charge in [-0.05, 0) is 59.6 Å². The van der Waals surface area contributed by atoms with E-state index in [0.717, 1.165) is 0 Å². The third-order valence-corrected chi connectivity index (χ3v) is 4.62. The Morgan fingerprint density at radius 3 is 2.67 bits per heavy atom. The van der Waals surface area contributed by atoms with Crippen LogP contribution in [0.3, 0.4) is 0 Å². The molecule has 30 heavy (non-hydrogen) atoms. The van der Waals surface area contributed by atoms with Gasteiger partial charge < -0.3 is 14.8 Å². The Kier molecular flexibility index (Phi) is 8.61. The number of carbonyl (C=O) groups excluding carboxylic acids is 2. The number of hydrogen-bond donors (Lipinski definition) is 2. The van der Waals surface area contributed by atoms with Gasteiger partial charge in [-0.2, -0.15) is 5.10 Å². The molecule has 0 unspecified atom stereocenters. The first-order valence-corrected chi connectivity index (χ1v) is 9.97. The van der Waals surface area contributed by atoms with E-state index in [2.05, 4.69) is 31.8 Å². The predicted molar refractivity (Wildman–Crippen MR) is 115 cm³/mol. The quantitative estimate of drug-likeness (QED) is 0.344. The van der Waals surface area contributed by atoms with Gasteiger partial charge in [-0.1, -0.05) is 17.7 Å². The minimum absolute atomic E-state index is 0.102. The van der Waals surface area contributed by atoms with E-state index in [-0.39, 0.29) is 23.2 Å². The smallest absolute Gasteiger partial charge is 0.329 e. The first-order chi connectivity index (χ1) is 14.2. The molecular weight excluding hydrogens is 481 g/mol. The van der Waals surface area contributed by atoms with E-state index in [1.54, 1.807) is 32.0 Å². The Morgan fingerprint density at radius 2 is 2.03 bits per heavy atom. The van der Waals surface area contributed by atoms with Crippen molar-refractivity contribution in [1.82, 2.24) is 10.7 Å². The molecule has 2 amide bonds. The summed E-state index contributed by atoms with van der Waals surface area (Å²) >= 11 is 9.40. The van der Waals surface area contributed by atoms with Crippen LogP contribution in [0.2, 0.25) is 5.02 Å². The number of hydrogen-bond acceptors (Lipinski definition) is 5. The molecule has 7 nitrogen and oxygen atoms in total. The molecule has 0 fully saturated rings. The summed E-state index contributed by atoms with van der Waals surface area (Å²) in [5, 5.41) is 6.48. The van der Waals surface area contributed by atoms with Crippen LogP contribution in [-0.2, 0) is 16.2 Å². The number of hydrazone groups is 1. The van der Waals surface area contributed by atoms with Crippen LogP contribution >= 0.6 is 27.5 Å². The zero-order valence-electron chi connectivity index (χ0n) is 16.5. The lowest BCUT2D eigenvalue weighted by Gasteiger charge is -2.14. The summed E-state index contributed by atoms with van der Waals surface area (Å²) in [6.07, 6.45) is 1.34. The summed E-state index contributed by atoms with van der Waals surface area (Å²) in [4.78, 5) is 23.2. The Morgan fingerprint density at radius 1 is 1.30 bits per heavy atom. The zero-order valence-corrected chi connectivity index (χ0v) is 18.8. The summed E-state index contributed by atoms with van der Waals surface area (Å²) in [6, 6.07) is 7.48. The molecule has 0 saturated carbocycles. The van der Waals surface area contributed by atoms with Gasteiger partial charge in [-0.15, -0.1) is 0 Å². The molecule has 0 radical (unpaired) electrons. The van der Waals surface area contributed by atoms with Gasteiger partial charge in [0.2, 0.25) is 0 Å². The van der Waals surface area contributed by atoms with Crippen LogP contribution in [0.4, 0.5) is 4.39 Å². The van der Waals surface area contributed by atoms with E-state index in [4.69, 9.17) is 21.1 Å². The molecule has 0 saturated heterocycles. The number of carbonyl (C=O) groups is 2. The lowest BCUT2D eigenvalue weighted by atomic mass is 10.2. The van der Waals surface area contributed by atoms with Crippen molar-refractivity contribution in [3.05, 3.63) is 56.8 Å². The highest BCUT2D eigenvalue weighted by Gasteiger charge is 2.15. The van der Waals surface area contributed by atoms with Gasteiger partial charge in [0.15, 0.2) is 11.5 Å². The van der Waals surface area contributed by atoms with Crippen molar-refractivity contribution in [1.29, 1.82) is 0 Å². The first kappa shape index (κ1) is 23.6. The highest BCUT2D eigenvalue weighted by Crippen LogP contribution is 2.37. The van der Waals surface area contributed by atoms with Crippen LogP contribution in [0.25, 0.3) is 0 Å². The Hall–Kier alpha value is -2.65. The van der Waals surface area contributed by atoms with Crippen LogP contribution in [0.5, 0.6) is 11.5 Å². The molecule has 2 aromatic carbocycles. The Labute approximate surface area is 186 Å². The van der Waals surface area contributed by atoms with E-state index in [1.165, 1.54) is 25.5 Å². The second kappa shape index (κ2) is 10.9. The van der Waals surface area contributed by atoms with Gasteiger partial charge in [0.05, 0.1) is 22.8 Å². The number of ether oxygens (including phenoxy) is 2. The van der Waals surface area contributed by atoms with E-state index < -0.39 is 17.6 Å². The second-order valence-electron chi connectivity index (χ2n) is 6.35. The Bertz CT molecular complexity index is 949. The minimum atomic E-state index is -0.882. The van der Waals surface area contributed by atoms with Gasteiger partial charge >= 0.3 is 11.8 Å². The van der Waals surface area contributed by atoms with Gasteiger partial charge in [0, 0.05) is 11.6 Å². The second-order valence-corrected chi connectivity index (χ2v) is 7.61. The largest absolute Gasteiger partial charge is 0.493 e. The molecule has 0 aromatic heterocycles. The normalized spacial score (nSPS) is 10.9. The van der Waals surface area contributed by atoms with Crippen molar-refractivity contribution >= 4 is 45.6 Å². The van der Waals surface area contributed by atoms with E-state index in [1.807, 2.05) is 0 Å². The van der Waals surface area contributed by atoms with Gasteiger partial charge in [0.1, 0.15) is 12.4 Å². The summed E-state index contributed by atoms with van der Waals surface area (Å²) in [7, 11) is 1.45. The fourth-order valence-corrected chi connectivity index (χ4v) is 3.10. The molecule has 0 aliphatic rings. The van der Waals surface area contributed by atoms with Gasteiger partial charge in [-0.3, -0.25) is 9.59 Å². The number of amides is 2. The van der Waals surface area contributed by atoms with Gasteiger partial charge in [0.25, 0.3) is 0 Å². The summed E-state index contributed by atoms with van der Waals surface area (Å²) in [5.74, 6) is -1.45. The van der Waals surface area contributed by atoms with Crippen molar-refractivity contribution < 1.29 is 23.5 Å². The SMILES string of the molecule is COc1cc(/C=N\NC(=O)C(=O)NC(C)C)cc(Br)c1OCc1c(F)cccc1Cl. The van der Waals surface area contributed by atoms with Crippen LogP contribution in [0.15, 0.2) is 39.9 Å². The maximum atomic E-state index is 13.9. The average molecular weight is 501 g/mol. The van der Waals surface area contributed by atoms with Crippen molar-refractivity contribution in [2.75, 3.05) is 7.11 Å². The molecule has 0 aliphatic heterocycles. The third kappa shape index (κ3) is 6.43. The molecular formula is C20H20BrClFN3O4. The monoisotopic (exact) mass is 499 g/mol. The van der Waals surface area contributed by atoms with E-state index in [9.17, 15) is 14.0 Å². The van der Waals surface area contributed by atoms with Crippen LogP contribution in [0.1, 0.15) is 25.0 Å². The molecule has 160 valence electrons. The molecule has 2 rings (SSSR count). The summed E-state index contributed by atoms with van der Waals surface area (Å²) in [6.45, 7) is 3.37. The molecule has 0 spiro atoms. The third-order valence-electron chi connectivity index (χ3n) is 3.68. The summed E-state index contributed by atoms with van der Waals surface area (Å²) < 4.78 is 25.5. The summed E-state index contributed by atoms with van der Waals surface area (Å²) in [5.41, 5.74) is 2.92. The van der Waals surface area contributed by atoms with E-state index in [0.29, 0.717) is 21.5 Å². The van der Waals surface area contributed by atoms with Crippen molar-refractivity contribution in [2.24, 2.45) is 5.10 Å². The molecule has 10 heteroatoms. The maximum Gasteiger partial charge on any atom is 0.329 e.